The van der Waals surface area contributed by atoms with Gasteiger partial charge in [0.15, 0.2) is 0 Å². The molecule has 0 atom stereocenters. The number of aromatic hydroxyl groups is 1. The Morgan fingerprint density at radius 3 is 2.33 bits per heavy atom. The standard InChI is InChI=1S/C15H15BrN2O2S/c16-13-5-10-21-14(13)15(20)18-8-6-17(7-9-18)11-1-3-12(19)4-2-11/h1-5,10,19H,6-9H2. The second-order valence-electron chi connectivity index (χ2n) is 4.89. The second kappa shape index (κ2) is 6.07. The van der Waals surface area contributed by atoms with Gasteiger partial charge in [-0.25, -0.2) is 0 Å². The lowest BCUT2D eigenvalue weighted by molar-refractivity contribution is 0.0751. The molecule has 0 saturated carbocycles. The van der Waals surface area contributed by atoms with Gasteiger partial charge in [0.2, 0.25) is 0 Å². The summed E-state index contributed by atoms with van der Waals surface area (Å²) in [5, 5.41) is 11.2. The normalized spacial score (nSPS) is 15.3. The average molecular weight is 367 g/mol. The van der Waals surface area contributed by atoms with E-state index in [0.717, 1.165) is 28.1 Å². The molecule has 110 valence electrons. The zero-order valence-corrected chi connectivity index (χ0v) is 13.7. The third-order valence-electron chi connectivity index (χ3n) is 3.59. The molecule has 21 heavy (non-hydrogen) atoms. The quantitative estimate of drug-likeness (QED) is 0.887. The molecular formula is C15H15BrN2O2S. The molecular weight excluding hydrogens is 352 g/mol. The van der Waals surface area contributed by atoms with Crippen molar-refractivity contribution in [1.82, 2.24) is 4.90 Å². The molecule has 3 rings (SSSR count). The summed E-state index contributed by atoms with van der Waals surface area (Å²) in [5.74, 6) is 0.373. The molecule has 0 spiro atoms. The number of nitrogens with zero attached hydrogens (tertiary/aromatic N) is 2. The molecule has 0 bridgehead atoms. The topological polar surface area (TPSA) is 43.8 Å². The molecule has 0 radical (unpaired) electrons. The Kier molecular flexibility index (Phi) is 4.17. The summed E-state index contributed by atoms with van der Waals surface area (Å²) < 4.78 is 0.874. The van der Waals surface area contributed by atoms with Crippen LogP contribution < -0.4 is 4.90 Å². The van der Waals surface area contributed by atoms with Crippen LogP contribution in [0.2, 0.25) is 0 Å². The highest BCUT2D eigenvalue weighted by molar-refractivity contribution is 9.10. The molecule has 1 saturated heterocycles. The Bertz CT molecular complexity index is 633. The van der Waals surface area contributed by atoms with Crippen LogP contribution in [-0.4, -0.2) is 42.1 Å². The fraction of sp³-hybridized carbons (Fsp3) is 0.267. The fourth-order valence-corrected chi connectivity index (χ4v) is 3.93. The number of phenols is 1. The van der Waals surface area contributed by atoms with Crippen LogP contribution in [0.1, 0.15) is 9.67 Å². The SMILES string of the molecule is O=C(c1sccc1Br)N1CCN(c2ccc(O)cc2)CC1. The van der Waals surface area contributed by atoms with Gasteiger partial charge in [-0.05, 0) is 51.6 Å². The minimum absolute atomic E-state index is 0.0993. The van der Waals surface area contributed by atoms with E-state index in [2.05, 4.69) is 20.8 Å². The van der Waals surface area contributed by atoms with Gasteiger partial charge in [-0.1, -0.05) is 0 Å². The molecule has 2 heterocycles. The minimum atomic E-state index is 0.0993. The van der Waals surface area contributed by atoms with Gasteiger partial charge in [0.1, 0.15) is 10.6 Å². The Hall–Kier alpha value is -1.53. The summed E-state index contributed by atoms with van der Waals surface area (Å²) in [5.41, 5.74) is 1.08. The molecule has 6 heteroatoms. The van der Waals surface area contributed by atoms with Crippen LogP contribution in [0.5, 0.6) is 5.75 Å². The van der Waals surface area contributed by atoms with E-state index >= 15 is 0 Å². The molecule has 2 aromatic rings. The smallest absolute Gasteiger partial charge is 0.265 e. The third-order valence-corrected chi connectivity index (χ3v) is 5.42. The van der Waals surface area contributed by atoms with E-state index in [-0.39, 0.29) is 11.7 Å². The number of thiophene rings is 1. The van der Waals surface area contributed by atoms with Crippen LogP contribution in [0, 0.1) is 0 Å². The van der Waals surface area contributed by atoms with Crippen LogP contribution in [-0.2, 0) is 0 Å². The van der Waals surface area contributed by atoms with Crippen molar-refractivity contribution in [2.45, 2.75) is 0 Å². The molecule has 1 aliphatic heterocycles. The number of piperazine rings is 1. The van der Waals surface area contributed by atoms with E-state index in [1.807, 2.05) is 28.5 Å². The van der Waals surface area contributed by atoms with Crippen molar-refractivity contribution in [2.75, 3.05) is 31.1 Å². The Morgan fingerprint density at radius 2 is 1.76 bits per heavy atom. The number of hydrogen-bond donors (Lipinski definition) is 1. The van der Waals surface area contributed by atoms with Crippen molar-refractivity contribution in [3.05, 3.63) is 45.1 Å². The van der Waals surface area contributed by atoms with Gasteiger partial charge in [0.25, 0.3) is 5.91 Å². The van der Waals surface area contributed by atoms with Gasteiger partial charge < -0.3 is 14.9 Å². The first kappa shape index (κ1) is 14.4. The number of hydrogen-bond acceptors (Lipinski definition) is 4. The molecule has 1 amide bonds. The number of carbonyl (C=O) groups is 1. The zero-order valence-electron chi connectivity index (χ0n) is 11.3. The first-order valence-corrected chi connectivity index (χ1v) is 8.38. The Morgan fingerprint density at radius 1 is 1.10 bits per heavy atom. The van der Waals surface area contributed by atoms with Crippen molar-refractivity contribution in [1.29, 1.82) is 0 Å². The van der Waals surface area contributed by atoms with Crippen LogP contribution >= 0.6 is 27.3 Å². The number of amides is 1. The molecule has 1 N–H and O–H groups in total. The maximum absolute atomic E-state index is 12.4. The van der Waals surface area contributed by atoms with Crippen molar-refractivity contribution in [3.8, 4) is 5.75 Å². The summed E-state index contributed by atoms with van der Waals surface area (Å²) in [4.78, 5) is 17.3. The monoisotopic (exact) mass is 366 g/mol. The summed E-state index contributed by atoms with van der Waals surface area (Å²) in [7, 11) is 0. The highest BCUT2D eigenvalue weighted by Crippen LogP contribution is 2.25. The van der Waals surface area contributed by atoms with E-state index in [0.29, 0.717) is 13.1 Å². The second-order valence-corrected chi connectivity index (χ2v) is 6.66. The van der Waals surface area contributed by atoms with Gasteiger partial charge in [0.05, 0.1) is 0 Å². The van der Waals surface area contributed by atoms with Crippen molar-refractivity contribution < 1.29 is 9.90 Å². The van der Waals surface area contributed by atoms with Crippen LogP contribution in [0.25, 0.3) is 0 Å². The highest BCUT2D eigenvalue weighted by atomic mass is 79.9. The number of halogens is 1. The summed E-state index contributed by atoms with van der Waals surface area (Å²) in [6, 6.07) is 9.10. The van der Waals surface area contributed by atoms with E-state index < -0.39 is 0 Å². The molecule has 1 aliphatic rings. The minimum Gasteiger partial charge on any atom is -0.508 e. The number of phenolic OH excluding ortho intramolecular Hbond substituents is 1. The molecule has 1 aromatic carbocycles. The van der Waals surface area contributed by atoms with Crippen molar-refractivity contribution in [2.24, 2.45) is 0 Å². The largest absolute Gasteiger partial charge is 0.508 e. The van der Waals surface area contributed by atoms with E-state index in [9.17, 15) is 9.90 Å². The summed E-state index contributed by atoms with van der Waals surface area (Å²) >= 11 is 4.89. The lowest BCUT2D eigenvalue weighted by Crippen LogP contribution is -2.48. The fourth-order valence-electron chi connectivity index (χ4n) is 2.42. The van der Waals surface area contributed by atoms with E-state index in [1.165, 1.54) is 11.3 Å². The molecule has 1 aromatic heterocycles. The lowest BCUT2D eigenvalue weighted by Gasteiger charge is -2.36. The van der Waals surface area contributed by atoms with Gasteiger partial charge in [-0.2, -0.15) is 0 Å². The van der Waals surface area contributed by atoms with Crippen molar-refractivity contribution >= 4 is 38.9 Å². The van der Waals surface area contributed by atoms with Gasteiger partial charge in [-0.3, -0.25) is 4.79 Å². The number of anilines is 1. The van der Waals surface area contributed by atoms with Crippen LogP contribution in [0.15, 0.2) is 40.2 Å². The lowest BCUT2D eigenvalue weighted by atomic mass is 10.2. The molecule has 4 nitrogen and oxygen atoms in total. The van der Waals surface area contributed by atoms with Gasteiger partial charge in [0, 0.05) is 36.3 Å². The summed E-state index contributed by atoms with van der Waals surface area (Å²) in [6.07, 6.45) is 0. The predicted octanol–water partition coefficient (Wildman–Crippen LogP) is 3.18. The number of carbonyl (C=O) groups excluding carboxylic acids is 1. The molecule has 0 unspecified atom stereocenters. The van der Waals surface area contributed by atoms with Gasteiger partial charge in [-0.15, -0.1) is 11.3 Å². The van der Waals surface area contributed by atoms with Crippen LogP contribution in [0.4, 0.5) is 5.69 Å². The number of benzene rings is 1. The Labute approximate surface area is 135 Å². The molecule has 0 aliphatic carbocycles. The highest BCUT2D eigenvalue weighted by Gasteiger charge is 2.24. The van der Waals surface area contributed by atoms with E-state index in [1.54, 1.807) is 12.1 Å². The summed E-state index contributed by atoms with van der Waals surface area (Å²) in [6.45, 7) is 3.03. The average Bonchev–Trinajstić information content (AvgIpc) is 2.94. The van der Waals surface area contributed by atoms with E-state index in [4.69, 9.17) is 0 Å². The van der Waals surface area contributed by atoms with Crippen LogP contribution in [0.3, 0.4) is 0 Å². The zero-order chi connectivity index (χ0) is 14.8. The van der Waals surface area contributed by atoms with Gasteiger partial charge >= 0.3 is 0 Å². The first-order valence-electron chi connectivity index (χ1n) is 6.71. The van der Waals surface area contributed by atoms with Crippen molar-refractivity contribution in [3.63, 3.8) is 0 Å². The maximum Gasteiger partial charge on any atom is 0.265 e. The first-order chi connectivity index (χ1) is 10.1. The Balaban J connectivity index is 1.64. The molecule has 1 fully saturated rings. The maximum atomic E-state index is 12.4. The third kappa shape index (κ3) is 3.06. The number of rotatable bonds is 2. The predicted molar refractivity (Wildman–Crippen MR) is 88.2 cm³/mol.